The average molecular weight is 230 g/mol. The van der Waals surface area contributed by atoms with Crippen LogP contribution in [0.15, 0.2) is 40.8 Å². The van der Waals surface area contributed by atoms with Gasteiger partial charge in [-0.15, -0.1) is 0 Å². The number of benzene rings is 1. The Kier molecular flexibility index (Phi) is 3.35. The predicted molar refractivity (Wildman–Crippen MR) is 60.3 cm³/mol. The number of hydrogen-bond donors (Lipinski definition) is 0. The molecule has 0 spiro atoms. The van der Waals surface area contributed by atoms with E-state index in [0.29, 0.717) is 23.4 Å². The summed E-state index contributed by atoms with van der Waals surface area (Å²) in [6.45, 7) is 0.218. The highest BCUT2D eigenvalue weighted by molar-refractivity contribution is 5.75. The topological polar surface area (TPSA) is 56.5 Å². The van der Waals surface area contributed by atoms with Crippen LogP contribution in [0.25, 0.3) is 0 Å². The maximum absolute atomic E-state index is 10.6. The van der Waals surface area contributed by atoms with Gasteiger partial charge in [-0.1, -0.05) is 12.1 Å². The van der Waals surface area contributed by atoms with Crippen molar-refractivity contribution >= 4 is 12.6 Å². The van der Waals surface area contributed by atoms with Crippen LogP contribution in [0.3, 0.4) is 0 Å². The normalized spacial score (nSPS) is 9.88. The maximum atomic E-state index is 10.6. The van der Waals surface area contributed by atoms with Gasteiger partial charge in [0, 0.05) is 5.56 Å². The van der Waals surface area contributed by atoms with E-state index in [2.05, 4.69) is 0 Å². The quantitative estimate of drug-likeness (QED) is 0.740. The molecule has 0 atom stereocenters. The van der Waals surface area contributed by atoms with Gasteiger partial charge < -0.3 is 9.15 Å². The van der Waals surface area contributed by atoms with Crippen LogP contribution in [0.5, 0.6) is 5.75 Å². The highest BCUT2D eigenvalue weighted by Gasteiger charge is 2.02. The number of rotatable bonds is 5. The van der Waals surface area contributed by atoms with Crippen LogP contribution in [-0.2, 0) is 6.61 Å². The third-order valence-corrected chi connectivity index (χ3v) is 2.17. The Morgan fingerprint density at radius 2 is 2.00 bits per heavy atom. The van der Waals surface area contributed by atoms with E-state index >= 15 is 0 Å². The van der Waals surface area contributed by atoms with Gasteiger partial charge in [-0.2, -0.15) is 0 Å². The Bertz CT molecular complexity index is 528. The van der Waals surface area contributed by atoms with Crippen molar-refractivity contribution < 1.29 is 18.7 Å². The summed E-state index contributed by atoms with van der Waals surface area (Å²) in [6, 6.07) is 10.1. The van der Waals surface area contributed by atoms with Crippen LogP contribution in [0.1, 0.15) is 26.7 Å². The summed E-state index contributed by atoms with van der Waals surface area (Å²) in [5.41, 5.74) is 0.551. The molecule has 17 heavy (non-hydrogen) atoms. The Balaban J connectivity index is 2.01. The molecule has 4 heteroatoms. The minimum Gasteiger partial charge on any atom is -0.486 e. The lowest BCUT2D eigenvalue weighted by Crippen LogP contribution is -1.94. The second-order valence-electron chi connectivity index (χ2n) is 3.40. The lowest BCUT2D eigenvalue weighted by atomic mass is 10.2. The number of aldehydes is 2. The third kappa shape index (κ3) is 2.81. The zero-order valence-corrected chi connectivity index (χ0v) is 8.96. The molecule has 0 fully saturated rings. The molecular formula is C13H10O4. The summed E-state index contributed by atoms with van der Waals surface area (Å²) in [4.78, 5) is 21.0. The first-order valence-corrected chi connectivity index (χ1v) is 5.04. The van der Waals surface area contributed by atoms with Crippen LogP contribution < -0.4 is 4.74 Å². The van der Waals surface area contributed by atoms with Gasteiger partial charge in [0.25, 0.3) is 0 Å². The predicted octanol–water partition coefficient (Wildman–Crippen LogP) is 2.48. The fourth-order valence-corrected chi connectivity index (χ4v) is 1.37. The smallest absolute Gasteiger partial charge is 0.185 e. The minimum atomic E-state index is 0.218. The molecule has 1 heterocycles. The molecule has 4 nitrogen and oxygen atoms in total. The van der Waals surface area contributed by atoms with Gasteiger partial charge in [0.2, 0.25) is 0 Å². The molecule has 0 bridgehead atoms. The Morgan fingerprint density at radius 1 is 1.12 bits per heavy atom. The molecule has 0 radical (unpaired) electrons. The summed E-state index contributed by atoms with van der Waals surface area (Å²) in [5, 5.41) is 0. The van der Waals surface area contributed by atoms with Crippen molar-refractivity contribution in [3.8, 4) is 5.75 Å². The molecule has 0 saturated heterocycles. The van der Waals surface area contributed by atoms with E-state index in [4.69, 9.17) is 9.15 Å². The zero-order valence-electron chi connectivity index (χ0n) is 8.96. The molecule has 0 N–H and O–H groups in total. The van der Waals surface area contributed by atoms with Crippen molar-refractivity contribution in [2.45, 2.75) is 6.61 Å². The number of ether oxygens (including phenoxy) is 1. The lowest BCUT2D eigenvalue weighted by molar-refractivity contribution is 0.109. The van der Waals surface area contributed by atoms with Gasteiger partial charge in [-0.3, -0.25) is 9.59 Å². The molecule has 1 aromatic heterocycles. The summed E-state index contributed by atoms with van der Waals surface area (Å²) < 4.78 is 10.6. The molecule has 0 unspecified atom stereocenters. The summed E-state index contributed by atoms with van der Waals surface area (Å²) in [6.07, 6.45) is 1.39. The molecule has 1 aromatic carbocycles. The van der Waals surface area contributed by atoms with Gasteiger partial charge in [-0.25, -0.2) is 0 Å². The van der Waals surface area contributed by atoms with E-state index in [1.54, 1.807) is 36.4 Å². The van der Waals surface area contributed by atoms with Crippen LogP contribution in [0.2, 0.25) is 0 Å². The molecule has 0 aliphatic carbocycles. The summed E-state index contributed by atoms with van der Waals surface area (Å²) in [7, 11) is 0. The first kappa shape index (κ1) is 11.1. The van der Waals surface area contributed by atoms with E-state index in [-0.39, 0.29) is 12.4 Å². The second kappa shape index (κ2) is 5.12. The van der Waals surface area contributed by atoms with Crippen molar-refractivity contribution in [3.63, 3.8) is 0 Å². The highest BCUT2D eigenvalue weighted by Crippen LogP contribution is 2.15. The molecular weight excluding hydrogens is 220 g/mol. The monoisotopic (exact) mass is 230 g/mol. The van der Waals surface area contributed by atoms with E-state index in [9.17, 15) is 9.59 Å². The zero-order chi connectivity index (χ0) is 12.1. The van der Waals surface area contributed by atoms with Crippen LogP contribution >= 0.6 is 0 Å². The molecule has 0 aliphatic rings. The largest absolute Gasteiger partial charge is 0.486 e. The van der Waals surface area contributed by atoms with Gasteiger partial charge in [0.05, 0.1) is 0 Å². The molecule has 0 saturated carbocycles. The van der Waals surface area contributed by atoms with Crippen LogP contribution in [0.4, 0.5) is 0 Å². The number of carbonyl (C=O) groups is 2. The van der Waals surface area contributed by atoms with Crippen molar-refractivity contribution in [2.75, 3.05) is 0 Å². The van der Waals surface area contributed by atoms with Crippen molar-refractivity contribution in [1.82, 2.24) is 0 Å². The molecule has 0 amide bonds. The lowest BCUT2D eigenvalue weighted by Gasteiger charge is -2.04. The number of carbonyl (C=O) groups excluding carboxylic acids is 2. The average Bonchev–Trinajstić information content (AvgIpc) is 2.84. The van der Waals surface area contributed by atoms with Crippen LogP contribution in [-0.4, -0.2) is 12.6 Å². The maximum Gasteiger partial charge on any atom is 0.185 e. The first-order chi connectivity index (χ1) is 8.31. The highest BCUT2D eigenvalue weighted by atomic mass is 16.5. The van der Waals surface area contributed by atoms with E-state index in [1.807, 2.05) is 0 Å². The van der Waals surface area contributed by atoms with Gasteiger partial charge in [-0.05, 0) is 24.3 Å². The van der Waals surface area contributed by atoms with Crippen LogP contribution in [0, 0.1) is 0 Å². The van der Waals surface area contributed by atoms with Crippen molar-refractivity contribution in [1.29, 1.82) is 0 Å². The standard InChI is InChI=1S/C13H10O4/c14-7-10-2-1-3-11(6-10)16-9-13-5-4-12(8-15)17-13/h1-8H,9H2. The fraction of sp³-hybridized carbons (Fsp3) is 0.0769. The molecule has 0 aliphatic heterocycles. The van der Waals surface area contributed by atoms with Crippen molar-refractivity contribution in [3.05, 3.63) is 53.5 Å². The van der Waals surface area contributed by atoms with E-state index < -0.39 is 0 Å². The van der Waals surface area contributed by atoms with Gasteiger partial charge >= 0.3 is 0 Å². The number of furan rings is 1. The summed E-state index contributed by atoms with van der Waals surface area (Å²) in [5.74, 6) is 1.41. The first-order valence-electron chi connectivity index (χ1n) is 5.04. The summed E-state index contributed by atoms with van der Waals surface area (Å²) >= 11 is 0. The fourth-order valence-electron chi connectivity index (χ4n) is 1.37. The van der Waals surface area contributed by atoms with E-state index in [1.165, 1.54) is 0 Å². The molecule has 2 rings (SSSR count). The second-order valence-corrected chi connectivity index (χ2v) is 3.40. The Labute approximate surface area is 97.8 Å². The molecule has 86 valence electrons. The van der Waals surface area contributed by atoms with Crippen molar-refractivity contribution in [2.24, 2.45) is 0 Å². The Hall–Kier alpha value is -2.36. The SMILES string of the molecule is O=Cc1cccc(OCc2ccc(C=O)o2)c1. The van der Waals surface area contributed by atoms with E-state index in [0.717, 1.165) is 6.29 Å². The number of hydrogen-bond acceptors (Lipinski definition) is 4. The molecule has 2 aromatic rings. The Morgan fingerprint density at radius 3 is 2.71 bits per heavy atom. The van der Waals surface area contributed by atoms with Gasteiger partial charge in [0.1, 0.15) is 24.4 Å². The van der Waals surface area contributed by atoms with Gasteiger partial charge in [0.15, 0.2) is 12.0 Å². The minimum absolute atomic E-state index is 0.218. The third-order valence-electron chi connectivity index (χ3n) is 2.17.